The average Bonchev–Trinajstić information content (AvgIpc) is 2.29. The van der Waals surface area contributed by atoms with Crippen LogP contribution < -0.4 is 0 Å². The minimum atomic E-state index is 0.0660. The first-order valence-corrected chi connectivity index (χ1v) is 6.17. The average molecular weight is 260 g/mol. The highest BCUT2D eigenvalue weighted by atomic mass is 35.5. The molecule has 0 aromatic heterocycles. The molecule has 0 radical (unpaired) electrons. The van der Waals surface area contributed by atoms with Gasteiger partial charge in [-0.2, -0.15) is 0 Å². The van der Waals surface area contributed by atoms with Crippen molar-refractivity contribution < 1.29 is 4.79 Å². The van der Waals surface area contributed by atoms with E-state index in [4.69, 9.17) is 23.2 Å². The third-order valence-electron chi connectivity index (χ3n) is 2.39. The summed E-state index contributed by atoms with van der Waals surface area (Å²) in [6, 6.07) is 7.40. The molecular formula is C12H15Cl2NO. The van der Waals surface area contributed by atoms with E-state index >= 15 is 0 Å². The van der Waals surface area contributed by atoms with Crippen LogP contribution in [0.5, 0.6) is 0 Å². The van der Waals surface area contributed by atoms with Crippen LogP contribution in [0.1, 0.15) is 12.5 Å². The van der Waals surface area contributed by atoms with Gasteiger partial charge in [0.1, 0.15) is 0 Å². The van der Waals surface area contributed by atoms with Crippen LogP contribution in [0.4, 0.5) is 0 Å². The van der Waals surface area contributed by atoms with Gasteiger partial charge in [0.2, 0.25) is 5.91 Å². The van der Waals surface area contributed by atoms with Gasteiger partial charge in [0.25, 0.3) is 0 Å². The first-order valence-electron chi connectivity index (χ1n) is 5.26. The molecule has 0 aliphatic heterocycles. The van der Waals surface area contributed by atoms with Gasteiger partial charge in [0, 0.05) is 24.0 Å². The van der Waals surface area contributed by atoms with E-state index in [-0.39, 0.29) is 5.91 Å². The van der Waals surface area contributed by atoms with Gasteiger partial charge in [-0.05, 0) is 18.6 Å². The first-order chi connectivity index (χ1) is 7.69. The Hall–Kier alpha value is -0.730. The van der Waals surface area contributed by atoms with Crippen molar-refractivity contribution in [2.24, 2.45) is 0 Å². The van der Waals surface area contributed by atoms with E-state index in [9.17, 15) is 4.79 Å². The zero-order chi connectivity index (χ0) is 12.0. The van der Waals surface area contributed by atoms with Gasteiger partial charge in [0.15, 0.2) is 0 Å². The summed E-state index contributed by atoms with van der Waals surface area (Å²) in [5, 5.41) is 0.637. The monoisotopic (exact) mass is 259 g/mol. The molecule has 88 valence electrons. The number of alkyl halides is 1. The summed E-state index contributed by atoms with van der Waals surface area (Å²) >= 11 is 11.6. The molecule has 0 unspecified atom stereocenters. The van der Waals surface area contributed by atoms with Crippen LogP contribution in [0.3, 0.4) is 0 Å². The van der Waals surface area contributed by atoms with Crippen molar-refractivity contribution in [1.29, 1.82) is 0 Å². The van der Waals surface area contributed by atoms with E-state index in [1.165, 1.54) is 0 Å². The molecule has 0 N–H and O–H groups in total. The predicted molar refractivity (Wildman–Crippen MR) is 68.1 cm³/mol. The van der Waals surface area contributed by atoms with Crippen molar-refractivity contribution in [3.63, 3.8) is 0 Å². The number of rotatable bonds is 5. The lowest BCUT2D eigenvalue weighted by atomic mass is 10.1. The summed E-state index contributed by atoms with van der Waals surface area (Å²) in [5.41, 5.74) is 0.863. The van der Waals surface area contributed by atoms with Crippen molar-refractivity contribution in [1.82, 2.24) is 4.90 Å². The number of hydrogen-bond acceptors (Lipinski definition) is 1. The summed E-state index contributed by atoms with van der Waals surface area (Å²) in [4.78, 5) is 13.6. The van der Waals surface area contributed by atoms with E-state index < -0.39 is 0 Å². The molecule has 0 bridgehead atoms. The number of benzene rings is 1. The second-order valence-corrected chi connectivity index (χ2v) is 4.22. The molecule has 0 atom stereocenters. The van der Waals surface area contributed by atoms with Crippen molar-refractivity contribution >= 4 is 29.1 Å². The number of hydrogen-bond donors (Lipinski definition) is 0. The summed E-state index contributed by atoms with van der Waals surface area (Å²) in [7, 11) is 0. The number of carbonyl (C=O) groups is 1. The molecule has 2 nitrogen and oxygen atoms in total. The number of nitrogens with zero attached hydrogens (tertiary/aromatic N) is 1. The quantitative estimate of drug-likeness (QED) is 0.745. The number of amides is 1. The maximum atomic E-state index is 11.9. The van der Waals surface area contributed by atoms with Gasteiger partial charge in [-0.15, -0.1) is 11.6 Å². The Balaban J connectivity index is 2.66. The van der Waals surface area contributed by atoms with Crippen LogP contribution in [0, 0.1) is 0 Å². The molecule has 16 heavy (non-hydrogen) atoms. The molecule has 0 aliphatic carbocycles. The minimum absolute atomic E-state index is 0.0660. The standard InChI is InChI=1S/C12H15Cl2NO/c1-2-15(8-7-13)12(16)9-10-5-3-4-6-11(10)14/h3-6H,2,7-9H2,1H3. The van der Waals surface area contributed by atoms with Crippen molar-refractivity contribution in [2.75, 3.05) is 19.0 Å². The number of likely N-dealkylation sites (N-methyl/N-ethyl adjacent to an activating group) is 1. The van der Waals surface area contributed by atoms with E-state index in [0.717, 1.165) is 5.56 Å². The van der Waals surface area contributed by atoms with Gasteiger partial charge in [-0.3, -0.25) is 4.79 Å². The van der Waals surface area contributed by atoms with Gasteiger partial charge in [0.05, 0.1) is 6.42 Å². The van der Waals surface area contributed by atoms with Crippen LogP contribution in [-0.4, -0.2) is 29.8 Å². The Morgan fingerprint density at radius 3 is 2.62 bits per heavy atom. The third kappa shape index (κ3) is 3.69. The van der Waals surface area contributed by atoms with E-state index in [1.807, 2.05) is 25.1 Å². The zero-order valence-electron chi connectivity index (χ0n) is 9.25. The Morgan fingerprint density at radius 1 is 1.38 bits per heavy atom. The Morgan fingerprint density at radius 2 is 2.06 bits per heavy atom. The SMILES string of the molecule is CCN(CCCl)C(=O)Cc1ccccc1Cl. The highest BCUT2D eigenvalue weighted by Gasteiger charge is 2.12. The second kappa shape index (κ2) is 6.77. The Labute approximate surface area is 106 Å². The van der Waals surface area contributed by atoms with Crippen LogP contribution in [-0.2, 0) is 11.2 Å². The summed E-state index contributed by atoms with van der Waals surface area (Å²) in [6.45, 7) is 3.20. The summed E-state index contributed by atoms with van der Waals surface area (Å²) in [5.74, 6) is 0.526. The molecule has 0 saturated carbocycles. The van der Waals surface area contributed by atoms with Gasteiger partial charge < -0.3 is 4.90 Å². The van der Waals surface area contributed by atoms with Gasteiger partial charge in [-0.1, -0.05) is 29.8 Å². The summed E-state index contributed by atoms with van der Waals surface area (Å²) < 4.78 is 0. The van der Waals surface area contributed by atoms with Gasteiger partial charge >= 0.3 is 0 Å². The second-order valence-electron chi connectivity index (χ2n) is 3.43. The molecule has 0 heterocycles. The molecule has 4 heteroatoms. The normalized spacial score (nSPS) is 10.2. The summed E-state index contributed by atoms with van der Waals surface area (Å²) in [6.07, 6.45) is 0.338. The van der Waals surface area contributed by atoms with Crippen LogP contribution >= 0.6 is 23.2 Å². The van der Waals surface area contributed by atoms with E-state index in [2.05, 4.69) is 0 Å². The lowest BCUT2D eigenvalue weighted by molar-refractivity contribution is -0.130. The largest absolute Gasteiger partial charge is 0.341 e. The zero-order valence-corrected chi connectivity index (χ0v) is 10.8. The van der Waals surface area contributed by atoms with E-state index in [1.54, 1.807) is 11.0 Å². The smallest absolute Gasteiger partial charge is 0.227 e. The minimum Gasteiger partial charge on any atom is -0.341 e. The fourth-order valence-electron chi connectivity index (χ4n) is 1.48. The van der Waals surface area contributed by atoms with E-state index in [0.29, 0.717) is 30.4 Å². The van der Waals surface area contributed by atoms with Crippen molar-refractivity contribution in [3.05, 3.63) is 34.9 Å². The lowest BCUT2D eigenvalue weighted by Gasteiger charge is -2.19. The number of halogens is 2. The highest BCUT2D eigenvalue weighted by Crippen LogP contribution is 2.16. The van der Waals surface area contributed by atoms with Gasteiger partial charge in [-0.25, -0.2) is 0 Å². The fourth-order valence-corrected chi connectivity index (χ4v) is 1.88. The van der Waals surface area contributed by atoms with Crippen molar-refractivity contribution in [2.45, 2.75) is 13.3 Å². The highest BCUT2D eigenvalue weighted by molar-refractivity contribution is 6.31. The first kappa shape index (κ1) is 13.3. The Kier molecular flexibility index (Phi) is 5.64. The Bertz CT molecular complexity index is 355. The topological polar surface area (TPSA) is 20.3 Å². The molecule has 0 aliphatic rings. The maximum absolute atomic E-state index is 11.9. The molecular weight excluding hydrogens is 245 g/mol. The van der Waals surface area contributed by atoms with Crippen LogP contribution in [0.2, 0.25) is 5.02 Å². The third-order valence-corrected chi connectivity index (χ3v) is 2.93. The number of carbonyl (C=O) groups excluding carboxylic acids is 1. The molecule has 1 rings (SSSR count). The molecule has 0 fully saturated rings. The molecule has 1 amide bonds. The predicted octanol–water partition coefficient (Wildman–Crippen LogP) is 2.97. The lowest BCUT2D eigenvalue weighted by Crippen LogP contribution is -2.33. The molecule has 0 saturated heterocycles. The van der Waals surface area contributed by atoms with Crippen molar-refractivity contribution in [3.8, 4) is 0 Å². The molecule has 0 spiro atoms. The van der Waals surface area contributed by atoms with Crippen LogP contribution in [0.15, 0.2) is 24.3 Å². The maximum Gasteiger partial charge on any atom is 0.227 e. The molecule has 1 aromatic rings. The molecule has 1 aromatic carbocycles. The fraction of sp³-hybridized carbons (Fsp3) is 0.417. The van der Waals surface area contributed by atoms with Crippen LogP contribution in [0.25, 0.3) is 0 Å².